The molecule has 1 fully saturated rings. The van der Waals surface area contributed by atoms with Crippen LogP contribution in [0.15, 0.2) is 29.6 Å². The highest BCUT2D eigenvalue weighted by molar-refractivity contribution is 7.13. The minimum Gasteiger partial charge on any atom is -0.396 e. The van der Waals surface area contributed by atoms with Gasteiger partial charge in [-0.1, -0.05) is 23.8 Å². The third-order valence-corrected chi connectivity index (χ3v) is 5.57. The Morgan fingerprint density at radius 2 is 2.12 bits per heavy atom. The first-order valence-electron chi connectivity index (χ1n) is 8.55. The van der Waals surface area contributed by atoms with E-state index in [1.165, 1.54) is 5.56 Å². The molecule has 5 heteroatoms. The molecule has 1 aliphatic carbocycles. The molecule has 4 nitrogen and oxygen atoms in total. The summed E-state index contributed by atoms with van der Waals surface area (Å²) in [6, 6.07) is 8.51. The Morgan fingerprint density at radius 3 is 2.83 bits per heavy atom. The molecule has 1 saturated carbocycles. The molecule has 3 rings (SSSR count). The maximum Gasteiger partial charge on any atom is 0.226 e. The van der Waals surface area contributed by atoms with E-state index >= 15 is 0 Å². The number of hydrogen-bond acceptors (Lipinski definition) is 4. The molecule has 2 N–H and O–H groups in total. The van der Waals surface area contributed by atoms with Crippen LogP contribution in [-0.2, 0) is 11.2 Å². The largest absolute Gasteiger partial charge is 0.396 e. The Morgan fingerprint density at radius 1 is 1.33 bits per heavy atom. The highest BCUT2D eigenvalue weighted by atomic mass is 32.1. The normalized spacial score (nSPS) is 20.8. The molecule has 0 unspecified atom stereocenters. The summed E-state index contributed by atoms with van der Waals surface area (Å²) in [7, 11) is 0. The van der Waals surface area contributed by atoms with E-state index in [1.807, 2.05) is 11.4 Å². The van der Waals surface area contributed by atoms with E-state index in [-0.39, 0.29) is 18.6 Å². The van der Waals surface area contributed by atoms with Gasteiger partial charge in [0.15, 0.2) is 0 Å². The molecule has 1 amide bonds. The van der Waals surface area contributed by atoms with Crippen LogP contribution in [0.1, 0.15) is 36.9 Å². The smallest absolute Gasteiger partial charge is 0.226 e. The van der Waals surface area contributed by atoms with Crippen molar-refractivity contribution in [2.75, 3.05) is 6.61 Å². The molecule has 0 aliphatic heterocycles. The maximum absolute atomic E-state index is 12.2. The molecule has 0 saturated heterocycles. The fourth-order valence-electron chi connectivity index (χ4n) is 3.23. The number of nitrogens with zero attached hydrogens (tertiary/aromatic N) is 1. The zero-order chi connectivity index (χ0) is 16.9. The van der Waals surface area contributed by atoms with Crippen LogP contribution in [0.2, 0.25) is 0 Å². The van der Waals surface area contributed by atoms with E-state index in [4.69, 9.17) is 0 Å². The van der Waals surface area contributed by atoms with Crippen LogP contribution < -0.4 is 5.32 Å². The van der Waals surface area contributed by atoms with Gasteiger partial charge < -0.3 is 10.4 Å². The third-order valence-electron chi connectivity index (χ3n) is 4.63. The Kier molecular flexibility index (Phi) is 5.63. The van der Waals surface area contributed by atoms with Gasteiger partial charge in [0.05, 0.1) is 12.1 Å². The summed E-state index contributed by atoms with van der Waals surface area (Å²) in [6.07, 6.45) is 4.25. The first-order valence-corrected chi connectivity index (χ1v) is 9.43. The molecule has 0 spiro atoms. The fraction of sp³-hybridized carbons (Fsp3) is 0.474. The molecule has 2 aromatic rings. The average molecular weight is 344 g/mol. The summed E-state index contributed by atoms with van der Waals surface area (Å²) in [4.78, 5) is 16.8. The second-order valence-electron chi connectivity index (χ2n) is 6.66. The number of nitrogens with one attached hydrogen (secondary N) is 1. The van der Waals surface area contributed by atoms with E-state index in [0.717, 1.165) is 41.9 Å². The average Bonchev–Trinajstić information content (AvgIpc) is 3.04. The minimum atomic E-state index is 0.0449. The number of benzene rings is 1. The molecule has 24 heavy (non-hydrogen) atoms. The van der Waals surface area contributed by atoms with E-state index in [1.54, 1.807) is 11.3 Å². The van der Waals surface area contributed by atoms with Gasteiger partial charge in [-0.2, -0.15) is 0 Å². The van der Waals surface area contributed by atoms with Crippen molar-refractivity contribution in [2.45, 2.75) is 45.1 Å². The van der Waals surface area contributed by atoms with Gasteiger partial charge >= 0.3 is 0 Å². The summed E-state index contributed by atoms with van der Waals surface area (Å²) < 4.78 is 0. The standard InChI is InChI=1S/C19H24N2O2S/c1-13-3-2-4-15(9-13)19-21-17(12-24-19)10-18(23)20-16-7-5-14(11-22)6-8-16/h2-4,9,12,14,16,22H,5-8,10-11H2,1H3,(H,20,23). The number of thiazole rings is 1. The van der Waals surface area contributed by atoms with Crippen LogP contribution in [-0.4, -0.2) is 28.6 Å². The van der Waals surface area contributed by atoms with Gasteiger partial charge in [-0.05, 0) is 44.6 Å². The Balaban J connectivity index is 1.54. The summed E-state index contributed by atoms with van der Waals surface area (Å²) in [6.45, 7) is 2.33. The molecule has 1 aliphatic rings. The van der Waals surface area contributed by atoms with E-state index in [0.29, 0.717) is 12.3 Å². The molecule has 1 heterocycles. The molecular formula is C19H24N2O2S. The van der Waals surface area contributed by atoms with Crippen molar-refractivity contribution in [3.05, 3.63) is 40.9 Å². The second kappa shape index (κ2) is 7.90. The fourth-order valence-corrected chi connectivity index (χ4v) is 4.05. The van der Waals surface area contributed by atoms with Crippen LogP contribution in [0, 0.1) is 12.8 Å². The first-order chi connectivity index (χ1) is 11.6. The summed E-state index contributed by atoms with van der Waals surface area (Å²) >= 11 is 1.58. The van der Waals surface area contributed by atoms with Gasteiger partial charge in [0.25, 0.3) is 0 Å². The first kappa shape index (κ1) is 17.1. The zero-order valence-corrected chi connectivity index (χ0v) is 14.8. The molecule has 0 atom stereocenters. The van der Waals surface area contributed by atoms with Crippen LogP contribution in [0.25, 0.3) is 10.6 Å². The SMILES string of the molecule is Cc1cccc(-c2nc(CC(=O)NC3CCC(CO)CC3)cs2)c1. The van der Waals surface area contributed by atoms with Gasteiger partial charge in [0.2, 0.25) is 5.91 Å². The number of aliphatic hydroxyl groups excluding tert-OH is 1. The number of aromatic nitrogens is 1. The summed E-state index contributed by atoms with van der Waals surface area (Å²) in [5.41, 5.74) is 3.15. The predicted octanol–water partition coefficient (Wildman–Crippen LogP) is 3.33. The van der Waals surface area contributed by atoms with Crippen molar-refractivity contribution < 1.29 is 9.90 Å². The van der Waals surface area contributed by atoms with E-state index < -0.39 is 0 Å². The molecule has 0 radical (unpaired) electrons. The van der Waals surface area contributed by atoms with Gasteiger partial charge in [0.1, 0.15) is 5.01 Å². The second-order valence-corrected chi connectivity index (χ2v) is 7.52. The van der Waals surface area contributed by atoms with Gasteiger partial charge in [-0.25, -0.2) is 4.98 Å². The lowest BCUT2D eigenvalue weighted by atomic mass is 9.86. The maximum atomic E-state index is 12.2. The molecule has 0 bridgehead atoms. The van der Waals surface area contributed by atoms with Gasteiger partial charge in [-0.3, -0.25) is 4.79 Å². The van der Waals surface area contributed by atoms with Crippen LogP contribution in [0.3, 0.4) is 0 Å². The molecular weight excluding hydrogens is 320 g/mol. The van der Waals surface area contributed by atoms with Crippen molar-refractivity contribution in [2.24, 2.45) is 5.92 Å². The van der Waals surface area contributed by atoms with Crippen LogP contribution >= 0.6 is 11.3 Å². The number of rotatable bonds is 5. The number of carbonyl (C=O) groups excluding carboxylic acids is 1. The Labute approximate surface area is 146 Å². The van der Waals surface area contributed by atoms with Crippen LogP contribution in [0.4, 0.5) is 0 Å². The summed E-state index contributed by atoms with van der Waals surface area (Å²) in [5.74, 6) is 0.456. The summed E-state index contributed by atoms with van der Waals surface area (Å²) in [5, 5.41) is 15.2. The van der Waals surface area contributed by atoms with Crippen molar-refractivity contribution >= 4 is 17.2 Å². The quantitative estimate of drug-likeness (QED) is 0.874. The van der Waals surface area contributed by atoms with Gasteiger partial charge in [-0.15, -0.1) is 11.3 Å². The molecule has 128 valence electrons. The van der Waals surface area contributed by atoms with E-state index in [9.17, 15) is 9.90 Å². The zero-order valence-electron chi connectivity index (χ0n) is 14.0. The highest BCUT2D eigenvalue weighted by Gasteiger charge is 2.22. The number of amides is 1. The Hall–Kier alpha value is -1.72. The number of hydrogen-bond donors (Lipinski definition) is 2. The lowest BCUT2D eigenvalue weighted by molar-refractivity contribution is -0.121. The number of carbonyl (C=O) groups is 1. The number of aryl methyl sites for hydroxylation is 1. The van der Waals surface area contributed by atoms with Crippen molar-refractivity contribution in [1.82, 2.24) is 10.3 Å². The van der Waals surface area contributed by atoms with Crippen molar-refractivity contribution in [3.63, 3.8) is 0 Å². The Bertz CT molecular complexity index is 690. The van der Waals surface area contributed by atoms with E-state index in [2.05, 4.69) is 35.4 Å². The van der Waals surface area contributed by atoms with Gasteiger partial charge in [0, 0.05) is 23.6 Å². The monoisotopic (exact) mass is 344 g/mol. The molecule has 1 aromatic heterocycles. The van der Waals surface area contributed by atoms with Crippen LogP contribution in [0.5, 0.6) is 0 Å². The lowest BCUT2D eigenvalue weighted by Crippen LogP contribution is -2.38. The lowest BCUT2D eigenvalue weighted by Gasteiger charge is -2.27. The third kappa shape index (κ3) is 4.42. The highest BCUT2D eigenvalue weighted by Crippen LogP contribution is 2.25. The topological polar surface area (TPSA) is 62.2 Å². The number of aliphatic hydroxyl groups is 1. The molecule has 1 aromatic carbocycles. The van der Waals surface area contributed by atoms with Crippen molar-refractivity contribution in [1.29, 1.82) is 0 Å². The predicted molar refractivity (Wildman–Crippen MR) is 97.0 cm³/mol. The van der Waals surface area contributed by atoms with Crippen molar-refractivity contribution in [3.8, 4) is 10.6 Å². The minimum absolute atomic E-state index is 0.0449.